The first-order chi connectivity index (χ1) is 15.5. The number of para-hydroxylation sites is 1. The van der Waals surface area contributed by atoms with Gasteiger partial charge in [-0.2, -0.15) is 0 Å². The number of methoxy groups -OCH3 is 3. The number of hydrogen-bond acceptors (Lipinski definition) is 7. The largest absolute Gasteiger partial charge is 0.497 e. The number of benzene rings is 2. The maximum absolute atomic E-state index is 13.5. The molecule has 1 atom stereocenters. The number of thiazole rings is 1. The van der Waals surface area contributed by atoms with Gasteiger partial charge in [0.1, 0.15) is 11.5 Å². The molecule has 0 saturated carbocycles. The number of nitrogens with zero attached hydrogens (tertiary/aromatic N) is 2. The standard InChI is InChI=1S/C24H22N2O5S/c1-14-20(23(28)31-4)21(15-9-11-17(29-2)12-10-15)26-22(27)19(32-24(26)25-14)13-16-7-5-6-8-18(16)30-3/h5-13,21H,1-4H3/b19-13-/t21-/m0/s1. The van der Waals surface area contributed by atoms with E-state index in [2.05, 4.69) is 4.99 Å². The fraction of sp³-hybridized carbons (Fsp3) is 0.208. The number of aromatic nitrogens is 1. The Bertz CT molecular complexity index is 1380. The van der Waals surface area contributed by atoms with Gasteiger partial charge in [-0.1, -0.05) is 41.7 Å². The summed E-state index contributed by atoms with van der Waals surface area (Å²) in [4.78, 5) is 31.3. The van der Waals surface area contributed by atoms with Crippen LogP contribution in [0.25, 0.3) is 6.08 Å². The molecule has 32 heavy (non-hydrogen) atoms. The maximum atomic E-state index is 13.5. The molecule has 3 aromatic rings. The van der Waals surface area contributed by atoms with Crippen LogP contribution in [0.2, 0.25) is 0 Å². The number of allylic oxidation sites excluding steroid dienone is 1. The maximum Gasteiger partial charge on any atom is 0.338 e. The van der Waals surface area contributed by atoms with Crippen molar-refractivity contribution in [2.75, 3.05) is 21.3 Å². The zero-order valence-corrected chi connectivity index (χ0v) is 18.9. The monoisotopic (exact) mass is 450 g/mol. The Labute approximate surface area is 188 Å². The number of fused-ring (bicyclic) bond motifs is 1. The van der Waals surface area contributed by atoms with Gasteiger partial charge < -0.3 is 14.2 Å². The van der Waals surface area contributed by atoms with Crippen LogP contribution in [0.5, 0.6) is 11.5 Å². The van der Waals surface area contributed by atoms with E-state index < -0.39 is 12.0 Å². The first kappa shape index (κ1) is 21.6. The van der Waals surface area contributed by atoms with Crippen LogP contribution in [-0.2, 0) is 9.53 Å². The molecule has 2 aromatic carbocycles. The van der Waals surface area contributed by atoms with E-state index >= 15 is 0 Å². The molecule has 0 bridgehead atoms. The summed E-state index contributed by atoms with van der Waals surface area (Å²) in [5, 5.41) is 0. The lowest BCUT2D eigenvalue weighted by Crippen LogP contribution is -2.39. The quantitative estimate of drug-likeness (QED) is 0.558. The average molecular weight is 451 g/mol. The van der Waals surface area contributed by atoms with Crippen molar-refractivity contribution in [3.63, 3.8) is 0 Å². The van der Waals surface area contributed by atoms with Crippen molar-refractivity contribution in [2.45, 2.75) is 13.0 Å². The third-order valence-corrected chi connectivity index (χ3v) is 6.27. The van der Waals surface area contributed by atoms with E-state index in [0.717, 1.165) is 11.1 Å². The first-order valence-corrected chi connectivity index (χ1v) is 10.7. The molecular weight excluding hydrogens is 428 g/mol. The molecule has 2 heterocycles. The highest BCUT2D eigenvalue weighted by Crippen LogP contribution is 2.31. The van der Waals surface area contributed by atoms with Gasteiger partial charge in [-0.25, -0.2) is 9.79 Å². The molecule has 8 heteroatoms. The zero-order chi connectivity index (χ0) is 22.8. The Morgan fingerprint density at radius 1 is 1.06 bits per heavy atom. The summed E-state index contributed by atoms with van der Waals surface area (Å²) >= 11 is 1.27. The van der Waals surface area contributed by atoms with Gasteiger partial charge in [0.25, 0.3) is 5.56 Å². The molecule has 0 amide bonds. The number of esters is 1. The average Bonchev–Trinajstić information content (AvgIpc) is 3.12. The summed E-state index contributed by atoms with van der Waals surface area (Å²) in [6.07, 6.45) is 1.78. The van der Waals surface area contributed by atoms with Crippen LogP contribution >= 0.6 is 11.3 Å². The summed E-state index contributed by atoms with van der Waals surface area (Å²) in [6, 6.07) is 14.1. The van der Waals surface area contributed by atoms with Crippen LogP contribution < -0.4 is 24.4 Å². The van der Waals surface area contributed by atoms with Crippen molar-refractivity contribution in [1.82, 2.24) is 4.57 Å². The van der Waals surface area contributed by atoms with Crippen LogP contribution in [0.4, 0.5) is 0 Å². The molecular formula is C24H22N2O5S. The van der Waals surface area contributed by atoms with Gasteiger partial charge in [0, 0.05) is 5.56 Å². The Morgan fingerprint density at radius 3 is 2.44 bits per heavy atom. The summed E-state index contributed by atoms with van der Waals surface area (Å²) in [5.41, 5.74) is 2.14. The second-order valence-electron chi connectivity index (χ2n) is 7.09. The van der Waals surface area contributed by atoms with Crippen molar-refractivity contribution in [3.05, 3.63) is 90.6 Å². The molecule has 164 valence electrons. The van der Waals surface area contributed by atoms with Crippen LogP contribution in [0.1, 0.15) is 24.1 Å². The SMILES string of the molecule is COC(=O)C1=C(C)N=c2s/c(=C\c3ccccc3OC)c(=O)n2[C@H]1c1ccc(OC)cc1. The summed E-state index contributed by atoms with van der Waals surface area (Å²) < 4.78 is 17.7. The van der Waals surface area contributed by atoms with Crippen molar-refractivity contribution in [1.29, 1.82) is 0 Å². The van der Waals surface area contributed by atoms with Crippen LogP contribution in [-0.4, -0.2) is 31.9 Å². The summed E-state index contributed by atoms with van der Waals surface area (Å²) in [7, 11) is 4.49. The van der Waals surface area contributed by atoms with Gasteiger partial charge in [-0.05, 0) is 36.8 Å². The number of carbonyl (C=O) groups excluding carboxylic acids is 1. The highest BCUT2D eigenvalue weighted by Gasteiger charge is 2.33. The molecule has 0 aliphatic carbocycles. The molecule has 1 aliphatic heterocycles. The molecule has 7 nitrogen and oxygen atoms in total. The molecule has 0 radical (unpaired) electrons. The molecule has 0 saturated heterocycles. The second kappa shape index (κ2) is 8.84. The number of rotatable bonds is 5. The fourth-order valence-corrected chi connectivity index (χ4v) is 4.76. The van der Waals surface area contributed by atoms with Gasteiger partial charge in [0.15, 0.2) is 4.80 Å². The molecule has 1 aliphatic rings. The van der Waals surface area contributed by atoms with Crippen molar-refractivity contribution in [3.8, 4) is 11.5 Å². The van der Waals surface area contributed by atoms with Crippen LogP contribution in [0.3, 0.4) is 0 Å². The Hall–Kier alpha value is -3.65. The predicted molar refractivity (Wildman–Crippen MR) is 122 cm³/mol. The van der Waals surface area contributed by atoms with Crippen LogP contribution in [0.15, 0.2) is 69.6 Å². The highest BCUT2D eigenvalue weighted by molar-refractivity contribution is 7.07. The highest BCUT2D eigenvalue weighted by atomic mass is 32.1. The molecule has 1 aromatic heterocycles. The van der Waals surface area contributed by atoms with E-state index in [4.69, 9.17) is 14.2 Å². The van der Waals surface area contributed by atoms with Gasteiger partial charge in [-0.15, -0.1) is 0 Å². The van der Waals surface area contributed by atoms with E-state index in [0.29, 0.717) is 32.1 Å². The van der Waals surface area contributed by atoms with E-state index in [9.17, 15) is 9.59 Å². The van der Waals surface area contributed by atoms with E-state index in [-0.39, 0.29) is 5.56 Å². The van der Waals surface area contributed by atoms with Gasteiger partial charge >= 0.3 is 5.97 Å². The van der Waals surface area contributed by atoms with E-state index in [1.54, 1.807) is 43.9 Å². The summed E-state index contributed by atoms with van der Waals surface area (Å²) in [5.74, 6) is 0.820. The third kappa shape index (κ3) is 3.73. The minimum Gasteiger partial charge on any atom is -0.497 e. The van der Waals surface area contributed by atoms with Gasteiger partial charge in [-0.3, -0.25) is 9.36 Å². The predicted octanol–water partition coefficient (Wildman–Crippen LogP) is 2.43. The summed E-state index contributed by atoms with van der Waals surface area (Å²) in [6.45, 7) is 1.75. The first-order valence-electron chi connectivity index (χ1n) is 9.86. The van der Waals surface area contributed by atoms with Crippen LogP contribution in [0, 0.1) is 0 Å². The molecule has 0 spiro atoms. The molecule has 0 N–H and O–H groups in total. The molecule has 0 fully saturated rings. The lowest BCUT2D eigenvalue weighted by atomic mass is 9.96. The van der Waals surface area contributed by atoms with Crippen molar-refractivity contribution < 1.29 is 19.0 Å². The van der Waals surface area contributed by atoms with E-state index in [1.807, 2.05) is 36.4 Å². The third-order valence-electron chi connectivity index (χ3n) is 5.28. The lowest BCUT2D eigenvalue weighted by molar-refractivity contribution is -0.136. The molecule has 4 rings (SSSR count). The van der Waals surface area contributed by atoms with Gasteiger partial charge in [0.2, 0.25) is 0 Å². The fourth-order valence-electron chi connectivity index (χ4n) is 3.72. The Kier molecular flexibility index (Phi) is 5.96. The topological polar surface area (TPSA) is 79.1 Å². The normalized spacial score (nSPS) is 15.8. The number of hydrogen-bond donors (Lipinski definition) is 0. The van der Waals surface area contributed by atoms with Gasteiger partial charge in [0.05, 0.1) is 43.2 Å². The van der Waals surface area contributed by atoms with Crippen molar-refractivity contribution in [2.24, 2.45) is 4.99 Å². The minimum atomic E-state index is -0.663. The number of carbonyl (C=O) groups is 1. The van der Waals surface area contributed by atoms with E-state index in [1.165, 1.54) is 18.4 Å². The smallest absolute Gasteiger partial charge is 0.338 e. The van der Waals surface area contributed by atoms with Crippen molar-refractivity contribution >= 4 is 23.4 Å². The lowest BCUT2D eigenvalue weighted by Gasteiger charge is -2.24. The zero-order valence-electron chi connectivity index (χ0n) is 18.1. The Morgan fingerprint density at radius 2 is 1.78 bits per heavy atom. The minimum absolute atomic E-state index is 0.241. The Balaban J connectivity index is 1.97. The molecule has 0 unspecified atom stereocenters. The number of ether oxygens (including phenoxy) is 3. The second-order valence-corrected chi connectivity index (χ2v) is 8.10.